The molecule has 136 valence electrons. The second-order valence-corrected chi connectivity index (χ2v) is 6.03. The zero-order chi connectivity index (χ0) is 19.3. The molecule has 0 fully saturated rings. The predicted octanol–water partition coefficient (Wildman–Crippen LogP) is 2.57. The predicted molar refractivity (Wildman–Crippen MR) is 99.4 cm³/mol. The largest absolute Gasteiger partial charge is 0.378 e. The Morgan fingerprint density at radius 3 is 2.35 bits per heavy atom. The molecule has 0 aliphatic rings. The molecule has 2 aromatic carbocycles. The molecule has 9 heteroatoms. The van der Waals surface area contributed by atoms with E-state index in [2.05, 4.69) is 10.6 Å². The molecule has 0 heterocycles. The number of hydrogen-bond donors (Lipinski definition) is 2. The number of benzene rings is 2. The normalized spacial score (nSPS) is 10.1. The Hall–Kier alpha value is -3.13. The van der Waals surface area contributed by atoms with Crippen LogP contribution in [0.25, 0.3) is 0 Å². The van der Waals surface area contributed by atoms with E-state index in [1.165, 1.54) is 12.1 Å². The molecule has 0 radical (unpaired) electrons. The lowest BCUT2D eigenvalue weighted by Gasteiger charge is -2.13. The number of nitrogens with zero attached hydrogens (tertiary/aromatic N) is 2. The van der Waals surface area contributed by atoms with E-state index in [0.717, 1.165) is 17.3 Å². The van der Waals surface area contributed by atoms with Gasteiger partial charge in [0.25, 0.3) is 5.69 Å². The van der Waals surface area contributed by atoms with Crippen LogP contribution in [0.15, 0.2) is 42.5 Å². The fourth-order valence-corrected chi connectivity index (χ4v) is 2.28. The molecule has 0 aliphatic carbocycles. The van der Waals surface area contributed by atoms with E-state index in [1.807, 2.05) is 43.3 Å². The van der Waals surface area contributed by atoms with E-state index in [0.29, 0.717) is 0 Å². The molecule has 2 amide bonds. The van der Waals surface area contributed by atoms with Gasteiger partial charge in [0.05, 0.1) is 4.92 Å². The van der Waals surface area contributed by atoms with Crippen molar-refractivity contribution in [3.63, 3.8) is 0 Å². The summed E-state index contributed by atoms with van der Waals surface area (Å²) < 4.78 is 0. The fraction of sp³-hybridized carbons (Fsp3) is 0.176. The SMILES string of the molecule is CN(C)c1ccc(CNC(=O)C(=O)Nc2ccc(Cl)c([N+](=O)[O-])c2)cc1. The third-order valence-corrected chi connectivity index (χ3v) is 3.83. The number of nitrogens with one attached hydrogen (secondary N) is 2. The highest BCUT2D eigenvalue weighted by Gasteiger charge is 2.17. The van der Waals surface area contributed by atoms with Crippen LogP contribution in [0.4, 0.5) is 17.1 Å². The van der Waals surface area contributed by atoms with Crippen molar-refractivity contribution >= 4 is 40.5 Å². The Morgan fingerprint density at radius 1 is 1.12 bits per heavy atom. The lowest BCUT2D eigenvalue weighted by atomic mass is 10.2. The summed E-state index contributed by atoms with van der Waals surface area (Å²) in [4.78, 5) is 35.9. The van der Waals surface area contributed by atoms with Gasteiger partial charge in [0.15, 0.2) is 0 Å². The summed E-state index contributed by atoms with van der Waals surface area (Å²) in [6, 6.07) is 11.2. The lowest BCUT2D eigenvalue weighted by molar-refractivity contribution is -0.384. The molecule has 2 aromatic rings. The van der Waals surface area contributed by atoms with Crippen LogP contribution in [0.3, 0.4) is 0 Å². The summed E-state index contributed by atoms with van der Waals surface area (Å²) in [5.74, 6) is -1.77. The van der Waals surface area contributed by atoms with Crippen LogP contribution in [-0.4, -0.2) is 30.8 Å². The Morgan fingerprint density at radius 2 is 1.77 bits per heavy atom. The number of carbonyl (C=O) groups is 2. The minimum absolute atomic E-state index is 0.0568. The fourth-order valence-electron chi connectivity index (χ4n) is 2.09. The first-order valence-electron chi connectivity index (χ1n) is 7.57. The van der Waals surface area contributed by atoms with E-state index >= 15 is 0 Å². The molecule has 0 saturated carbocycles. The number of halogens is 1. The van der Waals surface area contributed by atoms with E-state index in [1.54, 1.807) is 0 Å². The van der Waals surface area contributed by atoms with Crippen LogP contribution in [0.1, 0.15) is 5.56 Å². The standard InChI is InChI=1S/C17H17ClN4O4/c1-21(2)13-6-3-11(4-7-13)10-19-16(23)17(24)20-12-5-8-14(18)15(9-12)22(25)26/h3-9H,10H2,1-2H3,(H,19,23)(H,20,24). The average molecular weight is 377 g/mol. The van der Waals surface area contributed by atoms with Crippen molar-refractivity contribution in [1.29, 1.82) is 0 Å². The maximum atomic E-state index is 11.9. The van der Waals surface area contributed by atoms with Crippen LogP contribution in [-0.2, 0) is 16.1 Å². The lowest BCUT2D eigenvalue weighted by Crippen LogP contribution is -2.34. The van der Waals surface area contributed by atoms with E-state index < -0.39 is 16.7 Å². The molecule has 0 saturated heterocycles. The highest BCUT2D eigenvalue weighted by molar-refractivity contribution is 6.39. The summed E-state index contributed by atoms with van der Waals surface area (Å²) in [5.41, 5.74) is 1.60. The van der Waals surface area contributed by atoms with Crippen molar-refractivity contribution in [2.45, 2.75) is 6.54 Å². The van der Waals surface area contributed by atoms with E-state index in [9.17, 15) is 19.7 Å². The molecular weight excluding hydrogens is 360 g/mol. The summed E-state index contributed by atoms with van der Waals surface area (Å²) in [6.07, 6.45) is 0. The third kappa shape index (κ3) is 4.93. The van der Waals surface area contributed by atoms with Gasteiger partial charge in [0.1, 0.15) is 5.02 Å². The number of hydrogen-bond acceptors (Lipinski definition) is 5. The van der Waals surface area contributed by atoms with Crippen molar-refractivity contribution < 1.29 is 14.5 Å². The quantitative estimate of drug-likeness (QED) is 0.474. The number of anilines is 2. The summed E-state index contributed by atoms with van der Waals surface area (Å²) in [6.45, 7) is 0.181. The Balaban J connectivity index is 1.94. The number of rotatable bonds is 5. The van der Waals surface area contributed by atoms with Gasteiger partial charge >= 0.3 is 11.8 Å². The second kappa shape index (κ2) is 8.30. The second-order valence-electron chi connectivity index (χ2n) is 5.62. The zero-order valence-electron chi connectivity index (χ0n) is 14.2. The first-order valence-corrected chi connectivity index (χ1v) is 7.95. The topological polar surface area (TPSA) is 105 Å². The first kappa shape index (κ1) is 19.2. The molecule has 0 spiro atoms. The molecule has 2 N–H and O–H groups in total. The Labute approximate surface area is 154 Å². The maximum absolute atomic E-state index is 11.9. The highest BCUT2D eigenvalue weighted by atomic mass is 35.5. The molecule has 0 aliphatic heterocycles. The number of carbonyl (C=O) groups excluding carboxylic acids is 2. The summed E-state index contributed by atoms with van der Waals surface area (Å²) in [5, 5.41) is 15.6. The van der Waals surface area contributed by atoms with Crippen LogP contribution < -0.4 is 15.5 Å². The number of nitro benzene ring substituents is 1. The van der Waals surface area contributed by atoms with Gasteiger partial charge in [-0.3, -0.25) is 19.7 Å². The van der Waals surface area contributed by atoms with Crippen molar-refractivity contribution in [3.8, 4) is 0 Å². The van der Waals surface area contributed by atoms with Gasteiger partial charge in [0, 0.05) is 38.1 Å². The molecule has 0 aromatic heterocycles. The van der Waals surface area contributed by atoms with Crippen molar-refractivity contribution in [2.24, 2.45) is 0 Å². The number of nitro groups is 1. The number of amides is 2. The highest BCUT2D eigenvalue weighted by Crippen LogP contribution is 2.27. The monoisotopic (exact) mass is 376 g/mol. The molecular formula is C17H17ClN4O4. The van der Waals surface area contributed by atoms with Gasteiger partial charge in [0.2, 0.25) is 0 Å². The molecule has 0 bridgehead atoms. The van der Waals surface area contributed by atoms with Crippen molar-refractivity contribution in [2.75, 3.05) is 24.3 Å². The van der Waals surface area contributed by atoms with Gasteiger partial charge in [-0.25, -0.2) is 0 Å². The minimum atomic E-state index is -0.925. The maximum Gasteiger partial charge on any atom is 0.313 e. The Bertz CT molecular complexity index is 837. The summed E-state index contributed by atoms with van der Waals surface area (Å²) >= 11 is 5.70. The zero-order valence-corrected chi connectivity index (χ0v) is 14.9. The summed E-state index contributed by atoms with van der Waals surface area (Å²) in [7, 11) is 3.84. The van der Waals surface area contributed by atoms with Gasteiger partial charge < -0.3 is 15.5 Å². The van der Waals surface area contributed by atoms with Crippen molar-refractivity contribution in [1.82, 2.24) is 5.32 Å². The van der Waals surface area contributed by atoms with Crippen LogP contribution in [0.5, 0.6) is 0 Å². The molecule has 8 nitrogen and oxygen atoms in total. The van der Waals surface area contributed by atoms with E-state index in [-0.39, 0.29) is 22.9 Å². The molecule has 26 heavy (non-hydrogen) atoms. The van der Waals surface area contributed by atoms with Crippen LogP contribution in [0.2, 0.25) is 5.02 Å². The minimum Gasteiger partial charge on any atom is -0.378 e. The van der Waals surface area contributed by atoms with Gasteiger partial charge in [-0.2, -0.15) is 0 Å². The smallest absolute Gasteiger partial charge is 0.313 e. The molecule has 0 atom stereocenters. The first-order chi connectivity index (χ1) is 12.3. The van der Waals surface area contributed by atoms with Gasteiger partial charge in [-0.15, -0.1) is 0 Å². The Kier molecular flexibility index (Phi) is 6.13. The van der Waals surface area contributed by atoms with Gasteiger partial charge in [-0.1, -0.05) is 23.7 Å². The average Bonchev–Trinajstić information content (AvgIpc) is 2.61. The van der Waals surface area contributed by atoms with Crippen molar-refractivity contribution in [3.05, 3.63) is 63.2 Å². The van der Waals surface area contributed by atoms with Crippen LogP contribution in [0, 0.1) is 10.1 Å². The van der Waals surface area contributed by atoms with E-state index in [4.69, 9.17) is 11.6 Å². The van der Waals surface area contributed by atoms with Gasteiger partial charge in [-0.05, 0) is 29.8 Å². The third-order valence-electron chi connectivity index (χ3n) is 3.51. The van der Waals surface area contributed by atoms with Crippen LogP contribution >= 0.6 is 11.6 Å². The molecule has 0 unspecified atom stereocenters. The molecule has 2 rings (SSSR count).